The smallest absolute Gasteiger partial charge is 0.227 e. The van der Waals surface area contributed by atoms with Gasteiger partial charge in [-0.3, -0.25) is 0 Å². The quantitative estimate of drug-likeness (QED) is 0.696. The summed E-state index contributed by atoms with van der Waals surface area (Å²) in [6, 6.07) is 7.82. The number of hydrogen-bond acceptors (Lipinski definition) is 6. The Hall–Kier alpha value is -1.92. The van der Waals surface area contributed by atoms with Crippen molar-refractivity contribution in [2.24, 2.45) is 5.92 Å². The number of nitrogens with zero attached hydrogens (tertiary/aromatic N) is 3. The van der Waals surface area contributed by atoms with Crippen molar-refractivity contribution in [2.45, 2.75) is 32.3 Å². The summed E-state index contributed by atoms with van der Waals surface area (Å²) in [7, 11) is 4.06. The Morgan fingerprint density at radius 1 is 1.20 bits per heavy atom. The van der Waals surface area contributed by atoms with Crippen molar-refractivity contribution >= 4 is 0 Å². The molecule has 6 heteroatoms. The Morgan fingerprint density at radius 2 is 1.96 bits per heavy atom. The Bertz CT molecular complexity index is 648. The summed E-state index contributed by atoms with van der Waals surface area (Å²) in [4.78, 5) is 6.61. The lowest BCUT2D eigenvalue weighted by atomic mass is 9.80. The van der Waals surface area contributed by atoms with Gasteiger partial charge in [0.15, 0.2) is 0 Å². The summed E-state index contributed by atoms with van der Waals surface area (Å²) in [5.74, 6) is 2.79. The number of rotatable bonds is 9. The zero-order chi connectivity index (χ0) is 17.6. The maximum absolute atomic E-state index is 5.70. The van der Waals surface area contributed by atoms with E-state index < -0.39 is 0 Å². The number of likely N-dealkylation sites (N-methyl/N-ethyl adjacent to an activating group) is 1. The van der Waals surface area contributed by atoms with Crippen molar-refractivity contribution in [3.8, 4) is 17.1 Å². The van der Waals surface area contributed by atoms with E-state index in [-0.39, 0.29) is 0 Å². The maximum Gasteiger partial charge on any atom is 0.227 e. The molecule has 0 amide bonds. The minimum absolute atomic E-state index is 0.414. The van der Waals surface area contributed by atoms with Crippen molar-refractivity contribution in [3.63, 3.8) is 0 Å². The van der Waals surface area contributed by atoms with Gasteiger partial charge < -0.3 is 18.9 Å². The highest BCUT2D eigenvalue weighted by Gasteiger charge is 2.31. The van der Waals surface area contributed by atoms with Crippen LogP contribution in [0.4, 0.5) is 0 Å². The van der Waals surface area contributed by atoms with Gasteiger partial charge in [0, 0.05) is 25.1 Å². The molecule has 1 heterocycles. The monoisotopic (exact) mass is 345 g/mol. The number of ether oxygens (including phenoxy) is 2. The van der Waals surface area contributed by atoms with E-state index in [0.29, 0.717) is 30.3 Å². The van der Waals surface area contributed by atoms with Crippen LogP contribution in [0.25, 0.3) is 11.4 Å². The number of aromatic nitrogens is 2. The lowest BCUT2D eigenvalue weighted by Gasteiger charge is -2.33. The predicted molar refractivity (Wildman–Crippen MR) is 95.6 cm³/mol. The van der Waals surface area contributed by atoms with Crippen LogP contribution in [0.2, 0.25) is 0 Å². The molecule has 1 saturated carbocycles. The number of hydrogen-bond donors (Lipinski definition) is 0. The molecule has 0 saturated heterocycles. The zero-order valence-corrected chi connectivity index (χ0v) is 15.3. The fraction of sp³-hybridized carbons (Fsp3) is 0.579. The van der Waals surface area contributed by atoms with Crippen molar-refractivity contribution in [2.75, 3.05) is 33.9 Å². The first kappa shape index (κ1) is 17.9. The molecule has 3 rings (SSSR count). The van der Waals surface area contributed by atoms with Crippen LogP contribution in [-0.4, -0.2) is 55.0 Å². The standard InChI is InChI=1S/C19H27N3O3/c1-4-23-17-11-14(12-17)13-18-20-19(21-25-18)15-5-7-16(8-6-15)24-10-9-22(2)3/h5-8,14,17H,4,9-13H2,1-3H3. The Kier molecular flexibility index (Phi) is 6.04. The molecule has 0 spiro atoms. The van der Waals surface area contributed by atoms with Crippen molar-refractivity contribution in [1.29, 1.82) is 0 Å². The maximum atomic E-state index is 5.70. The van der Waals surface area contributed by atoms with E-state index in [1.165, 1.54) is 0 Å². The summed E-state index contributed by atoms with van der Waals surface area (Å²) in [5.41, 5.74) is 0.941. The molecule has 0 N–H and O–H groups in total. The molecular weight excluding hydrogens is 318 g/mol. The van der Waals surface area contributed by atoms with Gasteiger partial charge >= 0.3 is 0 Å². The molecule has 1 fully saturated rings. The lowest BCUT2D eigenvalue weighted by molar-refractivity contribution is -0.0258. The first-order chi connectivity index (χ1) is 12.1. The van der Waals surface area contributed by atoms with Gasteiger partial charge in [-0.05, 0) is 64.0 Å². The van der Waals surface area contributed by atoms with Gasteiger partial charge in [0.25, 0.3) is 0 Å². The fourth-order valence-corrected chi connectivity index (χ4v) is 2.96. The van der Waals surface area contributed by atoms with Gasteiger partial charge in [-0.1, -0.05) is 5.16 Å². The summed E-state index contributed by atoms with van der Waals surface area (Å²) in [5, 5.41) is 4.10. The van der Waals surface area contributed by atoms with Crippen LogP contribution in [0.1, 0.15) is 25.7 Å². The third kappa shape index (κ3) is 5.03. The van der Waals surface area contributed by atoms with E-state index in [0.717, 1.165) is 43.7 Å². The average molecular weight is 345 g/mol. The van der Waals surface area contributed by atoms with E-state index in [9.17, 15) is 0 Å². The van der Waals surface area contributed by atoms with Crippen LogP contribution in [0.15, 0.2) is 28.8 Å². The normalized spacial score (nSPS) is 19.8. The van der Waals surface area contributed by atoms with Crippen molar-refractivity contribution in [3.05, 3.63) is 30.2 Å². The van der Waals surface area contributed by atoms with E-state index in [1.807, 2.05) is 45.3 Å². The number of benzene rings is 1. The van der Waals surface area contributed by atoms with Crippen LogP contribution in [0.5, 0.6) is 5.75 Å². The second-order valence-electron chi connectivity index (χ2n) is 6.81. The second-order valence-corrected chi connectivity index (χ2v) is 6.81. The largest absolute Gasteiger partial charge is 0.492 e. The molecule has 25 heavy (non-hydrogen) atoms. The molecule has 136 valence electrons. The van der Waals surface area contributed by atoms with Crippen molar-refractivity contribution in [1.82, 2.24) is 15.0 Å². The summed E-state index contributed by atoms with van der Waals surface area (Å²) in [6.07, 6.45) is 3.43. The molecule has 2 aromatic rings. The molecule has 1 aromatic heterocycles. The third-order valence-electron chi connectivity index (χ3n) is 4.45. The first-order valence-electron chi connectivity index (χ1n) is 8.96. The predicted octanol–water partition coefficient (Wildman–Crippen LogP) is 3.03. The molecule has 0 radical (unpaired) electrons. The van der Waals surface area contributed by atoms with Crippen LogP contribution < -0.4 is 4.74 Å². The van der Waals surface area contributed by atoms with Gasteiger partial charge in [-0.15, -0.1) is 0 Å². The fourth-order valence-electron chi connectivity index (χ4n) is 2.96. The molecule has 6 nitrogen and oxygen atoms in total. The van der Waals surface area contributed by atoms with Crippen molar-refractivity contribution < 1.29 is 14.0 Å². The molecule has 1 aromatic carbocycles. The average Bonchev–Trinajstić information content (AvgIpc) is 3.02. The Balaban J connectivity index is 1.50. The summed E-state index contributed by atoms with van der Waals surface area (Å²) < 4.78 is 16.7. The molecule has 0 unspecified atom stereocenters. The van der Waals surface area contributed by atoms with Gasteiger partial charge in [-0.25, -0.2) is 0 Å². The minimum Gasteiger partial charge on any atom is -0.492 e. The van der Waals surface area contributed by atoms with E-state index in [1.54, 1.807) is 0 Å². The Labute approximate surface area is 149 Å². The van der Waals surface area contributed by atoms with Crippen LogP contribution in [-0.2, 0) is 11.2 Å². The topological polar surface area (TPSA) is 60.6 Å². The summed E-state index contributed by atoms with van der Waals surface area (Å²) in [6.45, 7) is 4.39. The first-order valence-corrected chi connectivity index (χ1v) is 8.96. The van der Waals surface area contributed by atoms with E-state index >= 15 is 0 Å². The highest BCUT2D eigenvalue weighted by molar-refractivity contribution is 5.55. The molecule has 1 aliphatic rings. The van der Waals surface area contributed by atoms with Crippen LogP contribution in [0, 0.1) is 5.92 Å². The van der Waals surface area contributed by atoms with Gasteiger partial charge in [-0.2, -0.15) is 4.98 Å². The highest BCUT2D eigenvalue weighted by atomic mass is 16.5. The molecule has 0 atom stereocenters. The van der Waals surface area contributed by atoms with E-state index in [2.05, 4.69) is 15.0 Å². The minimum atomic E-state index is 0.414. The van der Waals surface area contributed by atoms with E-state index in [4.69, 9.17) is 14.0 Å². The highest BCUT2D eigenvalue weighted by Crippen LogP contribution is 2.33. The second kappa shape index (κ2) is 8.45. The van der Waals surface area contributed by atoms with Gasteiger partial charge in [0.2, 0.25) is 11.7 Å². The zero-order valence-electron chi connectivity index (χ0n) is 15.3. The lowest BCUT2D eigenvalue weighted by Crippen LogP contribution is -2.32. The molecule has 1 aliphatic carbocycles. The van der Waals surface area contributed by atoms with Crippen LogP contribution in [0.3, 0.4) is 0 Å². The van der Waals surface area contributed by atoms with Gasteiger partial charge in [0.05, 0.1) is 6.10 Å². The summed E-state index contributed by atoms with van der Waals surface area (Å²) >= 11 is 0. The molecule has 0 aliphatic heterocycles. The van der Waals surface area contributed by atoms with Crippen LogP contribution >= 0.6 is 0 Å². The SMILES string of the molecule is CCOC1CC(Cc2nc(-c3ccc(OCCN(C)C)cc3)no2)C1. The van der Waals surface area contributed by atoms with Gasteiger partial charge in [0.1, 0.15) is 12.4 Å². The molecular formula is C19H27N3O3. The Morgan fingerprint density at radius 3 is 2.64 bits per heavy atom. The molecule has 0 bridgehead atoms. The third-order valence-corrected chi connectivity index (χ3v) is 4.45.